The molecule has 1 N–H and O–H groups in total. The van der Waals surface area contributed by atoms with Gasteiger partial charge in [0, 0.05) is 13.0 Å². The van der Waals surface area contributed by atoms with Crippen LogP contribution in [0.5, 0.6) is 0 Å². The Hall–Kier alpha value is -1.24. The van der Waals surface area contributed by atoms with Crippen LogP contribution in [0.1, 0.15) is 33.6 Å². The standard InChI is InChI=1S/C11H19N3O/c1-4-9-6-14(7-12)8(3)11(9)13-10(15)5-2/h8-9,11H,4-6H2,1-3H3,(H,13,15). The van der Waals surface area contributed by atoms with Gasteiger partial charge in [0.25, 0.3) is 0 Å². The summed E-state index contributed by atoms with van der Waals surface area (Å²) in [4.78, 5) is 13.1. The maximum Gasteiger partial charge on any atom is 0.220 e. The summed E-state index contributed by atoms with van der Waals surface area (Å²) in [6.45, 7) is 6.71. The molecule has 1 heterocycles. The van der Waals surface area contributed by atoms with Crippen LogP contribution >= 0.6 is 0 Å². The van der Waals surface area contributed by atoms with Gasteiger partial charge in [0.05, 0.1) is 12.1 Å². The van der Waals surface area contributed by atoms with Crippen molar-refractivity contribution < 1.29 is 4.79 Å². The van der Waals surface area contributed by atoms with E-state index in [0.29, 0.717) is 12.3 Å². The largest absolute Gasteiger partial charge is 0.351 e. The molecule has 1 saturated heterocycles. The number of carbonyl (C=O) groups is 1. The molecule has 0 aromatic heterocycles. The van der Waals surface area contributed by atoms with Gasteiger partial charge in [-0.25, -0.2) is 0 Å². The highest BCUT2D eigenvalue weighted by molar-refractivity contribution is 5.76. The van der Waals surface area contributed by atoms with E-state index in [1.807, 2.05) is 13.8 Å². The molecule has 0 bridgehead atoms. The van der Waals surface area contributed by atoms with Gasteiger partial charge in [0.2, 0.25) is 5.91 Å². The Bertz CT molecular complexity index is 271. The summed E-state index contributed by atoms with van der Waals surface area (Å²) < 4.78 is 0. The number of hydrogen-bond acceptors (Lipinski definition) is 3. The molecule has 0 aromatic rings. The molecular formula is C11H19N3O. The smallest absolute Gasteiger partial charge is 0.220 e. The highest BCUT2D eigenvalue weighted by Crippen LogP contribution is 2.25. The van der Waals surface area contributed by atoms with E-state index in [0.717, 1.165) is 13.0 Å². The van der Waals surface area contributed by atoms with E-state index in [4.69, 9.17) is 5.26 Å². The Labute approximate surface area is 91.2 Å². The molecule has 0 radical (unpaired) electrons. The summed E-state index contributed by atoms with van der Waals surface area (Å²) in [5.74, 6) is 0.472. The van der Waals surface area contributed by atoms with E-state index in [1.54, 1.807) is 4.90 Å². The number of carbonyl (C=O) groups excluding carboxylic acids is 1. The van der Waals surface area contributed by atoms with Crippen LogP contribution in [0.3, 0.4) is 0 Å². The van der Waals surface area contributed by atoms with E-state index in [1.165, 1.54) is 0 Å². The highest BCUT2D eigenvalue weighted by atomic mass is 16.1. The lowest BCUT2D eigenvalue weighted by atomic mass is 9.97. The first-order valence-electron chi connectivity index (χ1n) is 5.59. The molecule has 1 rings (SSSR count). The van der Waals surface area contributed by atoms with Crippen molar-refractivity contribution in [1.29, 1.82) is 5.26 Å². The van der Waals surface area contributed by atoms with Crippen molar-refractivity contribution in [2.75, 3.05) is 6.54 Å². The fourth-order valence-electron chi connectivity index (χ4n) is 2.16. The summed E-state index contributed by atoms with van der Waals surface area (Å²) in [6.07, 6.45) is 3.68. The molecule has 84 valence electrons. The van der Waals surface area contributed by atoms with Crippen LogP contribution in [0.4, 0.5) is 0 Å². The molecule has 4 nitrogen and oxygen atoms in total. The van der Waals surface area contributed by atoms with Crippen LogP contribution in [0.2, 0.25) is 0 Å². The molecule has 1 fully saturated rings. The molecule has 15 heavy (non-hydrogen) atoms. The van der Waals surface area contributed by atoms with Crippen LogP contribution in [-0.2, 0) is 4.79 Å². The fraction of sp³-hybridized carbons (Fsp3) is 0.818. The van der Waals surface area contributed by atoms with Gasteiger partial charge in [-0.1, -0.05) is 13.8 Å². The van der Waals surface area contributed by atoms with E-state index in [-0.39, 0.29) is 18.0 Å². The molecule has 4 heteroatoms. The van der Waals surface area contributed by atoms with E-state index >= 15 is 0 Å². The van der Waals surface area contributed by atoms with Gasteiger partial charge < -0.3 is 10.2 Å². The maximum atomic E-state index is 11.4. The molecule has 0 spiro atoms. The minimum Gasteiger partial charge on any atom is -0.351 e. The van der Waals surface area contributed by atoms with Crippen LogP contribution in [0, 0.1) is 17.4 Å². The fourth-order valence-corrected chi connectivity index (χ4v) is 2.16. The Morgan fingerprint density at radius 1 is 1.60 bits per heavy atom. The SMILES string of the molecule is CCC(=O)NC1C(CC)CN(C#N)C1C. The van der Waals surface area contributed by atoms with E-state index in [9.17, 15) is 4.79 Å². The lowest BCUT2D eigenvalue weighted by Gasteiger charge is -2.22. The molecular weight excluding hydrogens is 190 g/mol. The molecule has 1 amide bonds. The zero-order valence-corrected chi connectivity index (χ0v) is 9.66. The van der Waals surface area contributed by atoms with Crippen LogP contribution in [0.15, 0.2) is 0 Å². The topological polar surface area (TPSA) is 56.1 Å². The molecule has 1 aliphatic heterocycles. The summed E-state index contributed by atoms with van der Waals surface area (Å²) in [5, 5.41) is 11.9. The van der Waals surface area contributed by atoms with Gasteiger partial charge in [-0.3, -0.25) is 4.79 Å². The summed E-state index contributed by atoms with van der Waals surface area (Å²) in [6, 6.07) is 0.248. The minimum atomic E-state index is 0.0742. The van der Waals surface area contributed by atoms with Gasteiger partial charge in [-0.05, 0) is 19.3 Å². The number of nitrogens with zero attached hydrogens (tertiary/aromatic N) is 2. The van der Waals surface area contributed by atoms with Gasteiger partial charge in [-0.15, -0.1) is 0 Å². The highest BCUT2D eigenvalue weighted by Gasteiger charge is 2.38. The maximum absolute atomic E-state index is 11.4. The van der Waals surface area contributed by atoms with Crippen molar-refractivity contribution in [3.05, 3.63) is 0 Å². The summed E-state index contributed by atoms with van der Waals surface area (Å²) in [5.41, 5.74) is 0. The average molecular weight is 209 g/mol. The quantitative estimate of drug-likeness (QED) is 0.708. The second-order valence-corrected chi connectivity index (χ2v) is 4.11. The summed E-state index contributed by atoms with van der Waals surface area (Å²) in [7, 11) is 0. The Morgan fingerprint density at radius 2 is 2.27 bits per heavy atom. The number of amides is 1. The van der Waals surface area contributed by atoms with Gasteiger partial charge >= 0.3 is 0 Å². The number of hydrogen-bond donors (Lipinski definition) is 1. The monoisotopic (exact) mass is 209 g/mol. The Balaban J connectivity index is 2.68. The van der Waals surface area contributed by atoms with Crippen molar-refractivity contribution in [2.24, 2.45) is 5.92 Å². The predicted molar refractivity (Wildman–Crippen MR) is 57.8 cm³/mol. The molecule has 0 aliphatic carbocycles. The number of nitrogens with one attached hydrogen (secondary N) is 1. The lowest BCUT2D eigenvalue weighted by molar-refractivity contribution is -0.121. The first kappa shape index (κ1) is 11.8. The Morgan fingerprint density at radius 3 is 2.73 bits per heavy atom. The van der Waals surface area contributed by atoms with Gasteiger partial charge in [0.1, 0.15) is 0 Å². The zero-order chi connectivity index (χ0) is 11.4. The number of likely N-dealkylation sites (tertiary alicyclic amines) is 1. The molecule has 3 unspecified atom stereocenters. The van der Waals surface area contributed by atoms with Crippen molar-refractivity contribution in [3.8, 4) is 6.19 Å². The Kier molecular flexibility index (Phi) is 3.96. The third-order valence-electron chi connectivity index (χ3n) is 3.25. The van der Waals surface area contributed by atoms with Crippen molar-refractivity contribution in [2.45, 2.75) is 45.7 Å². The normalized spacial score (nSPS) is 30.0. The van der Waals surface area contributed by atoms with Crippen molar-refractivity contribution in [1.82, 2.24) is 10.2 Å². The second kappa shape index (κ2) is 5.01. The predicted octanol–water partition coefficient (Wildman–Crippen LogP) is 1.09. The number of nitriles is 1. The number of rotatable bonds is 3. The van der Waals surface area contributed by atoms with Gasteiger partial charge in [-0.2, -0.15) is 5.26 Å². The van der Waals surface area contributed by atoms with Crippen LogP contribution in [0.25, 0.3) is 0 Å². The second-order valence-electron chi connectivity index (χ2n) is 4.11. The molecule has 0 aromatic carbocycles. The van der Waals surface area contributed by atoms with E-state index in [2.05, 4.69) is 18.4 Å². The average Bonchev–Trinajstić information content (AvgIpc) is 2.55. The molecule has 1 aliphatic rings. The lowest BCUT2D eigenvalue weighted by Crippen LogP contribution is -2.44. The first-order valence-corrected chi connectivity index (χ1v) is 5.59. The molecule has 3 atom stereocenters. The zero-order valence-electron chi connectivity index (χ0n) is 9.66. The molecule has 0 saturated carbocycles. The summed E-state index contributed by atoms with van der Waals surface area (Å²) >= 11 is 0. The van der Waals surface area contributed by atoms with Crippen molar-refractivity contribution in [3.63, 3.8) is 0 Å². The third kappa shape index (κ3) is 2.41. The van der Waals surface area contributed by atoms with Gasteiger partial charge in [0.15, 0.2) is 6.19 Å². The van der Waals surface area contributed by atoms with Crippen molar-refractivity contribution >= 4 is 5.91 Å². The van der Waals surface area contributed by atoms with E-state index < -0.39 is 0 Å². The van der Waals surface area contributed by atoms with Crippen LogP contribution in [-0.4, -0.2) is 29.4 Å². The minimum absolute atomic E-state index is 0.0742. The van der Waals surface area contributed by atoms with Crippen LogP contribution < -0.4 is 5.32 Å². The third-order valence-corrected chi connectivity index (χ3v) is 3.25. The first-order chi connectivity index (χ1) is 7.13.